The average Bonchev–Trinajstić information content (AvgIpc) is 2.66. The Labute approximate surface area is 118 Å². The van der Waals surface area contributed by atoms with Crippen molar-refractivity contribution in [3.8, 4) is 0 Å². The lowest BCUT2D eigenvalue weighted by atomic mass is 10.2. The standard InChI is InChI=1S/C13H22N4O3/c1-9(2)14-13(20)17-6-4-16(5-7-17)10-8-11(18)15(3)12(10)19/h9-10H,4-8H2,1-3H3,(H,14,20). The van der Waals surface area contributed by atoms with Crippen LogP contribution in [0.15, 0.2) is 0 Å². The summed E-state index contributed by atoms with van der Waals surface area (Å²) in [5, 5.41) is 2.86. The Hall–Kier alpha value is -1.63. The molecule has 4 amide bonds. The van der Waals surface area contributed by atoms with Gasteiger partial charge in [-0.15, -0.1) is 0 Å². The molecule has 2 aliphatic heterocycles. The molecule has 0 aromatic heterocycles. The Morgan fingerprint density at radius 2 is 1.80 bits per heavy atom. The Balaban J connectivity index is 1.87. The summed E-state index contributed by atoms with van der Waals surface area (Å²) in [6.07, 6.45) is 0.257. The van der Waals surface area contributed by atoms with E-state index in [1.54, 1.807) is 4.90 Å². The zero-order chi connectivity index (χ0) is 14.9. The van der Waals surface area contributed by atoms with Gasteiger partial charge in [-0.3, -0.25) is 19.4 Å². The van der Waals surface area contributed by atoms with Crippen LogP contribution in [0.5, 0.6) is 0 Å². The number of hydrogen-bond acceptors (Lipinski definition) is 4. The molecule has 112 valence electrons. The Morgan fingerprint density at radius 3 is 2.25 bits per heavy atom. The number of nitrogens with one attached hydrogen (secondary N) is 1. The van der Waals surface area contributed by atoms with E-state index in [1.165, 1.54) is 11.9 Å². The van der Waals surface area contributed by atoms with E-state index in [-0.39, 0.29) is 36.3 Å². The van der Waals surface area contributed by atoms with Crippen molar-refractivity contribution < 1.29 is 14.4 Å². The van der Waals surface area contributed by atoms with E-state index < -0.39 is 0 Å². The number of imide groups is 1. The quantitative estimate of drug-likeness (QED) is 0.692. The maximum absolute atomic E-state index is 11.9. The van der Waals surface area contributed by atoms with Gasteiger partial charge in [-0.1, -0.05) is 0 Å². The first-order valence-electron chi connectivity index (χ1n) is 7.00. The van der Waals surface area contributed by atoms with Gasteiger partial charge in [-0.05, 0) is 13.8 Å². The Bertz CT molecular complexity index is 416. The summed E-state index contributed by atoms with van der Waals surface area (Å²) in [5.41, 5.74) is 0. The molecular weight excluding hydrogens is 260 g/mol. The van der Waals surface area contributed by atoms with Gasteiger partial charge >= 0.3 is 6.03 Å². The Morgan fingerprint density at radius 1 is 1.20 bits per heavy atom. The van der Waals surface area contributed by atoms with E-state index in [2.05, 4.69) is 5.32 Å². The average molecular weight is 282 g/mol. The van der Waals surface area contributed by atoms with Crippen LogP contribution in [-0.4, -0.2) is 77.9 Å². The first-order valence-corrected chi connectivity index (χ1v) is 7.00. The van der Waals surface area contributed by atoms with Gasteiger partial charge < -0.3 is 10.2 Å². The molecule has 1 atom stereocenters. The molecule has 0 bridgehead atoms. The molecule has 0 spiro atoms. The molecule has 1 N–H and O–H groups in total. The third-order valence-electron chi connectivity index (χ3n) is 3.81. The highest BCUT2D eigenvalue weighted by molar-refractivity contribution is 6.05. The molecule has 7 heteroatoms. The van der Waals surface area contributed by atoms with Crippen LogP contribution in [0.25, 0.3) is 0 Å². The number of likely N-dealkylation sites (N-methyl/N-ethyl adjacent to an activating group) is 1. The minimum Gasteiger partial charge on any atom is -0.336 e. The van der Waals surface area contributed by atoms with Crippen molar-refractivity contribution in [2.45, 2.75) is 32.4 Å². The van der Waals surface area contributed by atoms with Gasteiger partial charge in [0, 0.05) is 39.3 Å². The topological polar surface area (TPSA) is 73.0 Å². The molecule has 7 nitrogen and oxygen atoms in total. The lowest BCUT2D eigenvalue weighted by molar-refractivity contribution is -0.138. The second-order valence-corrected chi connectivity index (χ2v) is 5.64. The van der Waals surface area contributed by atoms with Gasteiger partial charge in [-0.25, -0.2) is 4.79 Å². The molecule has 0 aliphatic carbocycles. The van der Waals surface area contributed by atoms with Crippen LogP contribution in [0.4, 0.5) is 4.79 Å². The molecule has 2 aliphatic rings. The summed E-state index contributed by atoms with van der Waals surface area (Å²) in [6.45, 7) is 6.27. The zero-order valence-electron chi connectivity index (χ0n) is 12.3. The van der Waals surface area contributed by atoms with Crippen LogP contribution < -0.4 is 5.32 Å². The summed E-state index contributed by atoms with van der Waals surface area (Å²) in [5.74, 6) is -0.255. The van der Waals surface area contributed by atoms with Crippen LogP contribution in [0.2, 0.25) is 0 Å². The second-order valence-electron chi connectivity index (χ2n) is 5.64. The summed E-state index contributed by atoms with van der Waals surface area (Å²) >= 11 is 0. The normalized spacial score (nSPS) is 24.7. The van der Waals surface area contributed by atoms with Crippen molar-refractivity contribution in [2.24, 2.45) is 0 Å². The van der Waals surface area contributed by atoms with Crippen molar-refractivity contribution in [1.82, 2.24) is 20.0 Å². The fourth-order valence-electron chi connectivity index (χ4n) is 2.60. The maximum Gasteiger partial charge on any atom is 0.317 e. The highest BCUT2D eigenvalue weighted by Gasteiger charge is 2.40. The van der Waals surface area contributed by atoms with Crippen LogP contribution in [0, 0.1) is 0 Å². The van der Waals surface area contributed by atoms with Gasteiger partial charge in [-0.2, -0.15) is 0 Å². The number of hydrogen-bond donors (Lipinski definition) is 1. The highest BCUT2D eigenvalue weighted by atomic mass is 16.2. The predicted molar refractivity (Wildman–Crippen MR) is 73.0 cm³/mol. The number of rotatable bonds is 2. The number of amides is 4. The molecule has 2 rings (SSSR count). The van der Waals surface area contributed by atoms with Gasteiger partial charge in [0.15, 0.2) is 0 Å². The molecule has 2 fully saturated rings. The lowest BCUT2D eigenvalue weighted by Gasteiger charge is -2.37. The largest absolute Gasteiger partial charge is 0.336 e. The SMILES string of the molecule is CC(C)NC(=O)N1CCN(C2CC(=O)N(C)C2=O)CC1. The van der Waals surface area contributed by atoms with E-state index in [9.17, 15) is 14.4 Å². The van der Waals surface area contributed by atoms with Crippen molar-refractivity contribution in [3.63, 3.8) is 0 Å². The molecule has 2 saturated heterocycles. The molecule has 0 radical (unpaired) electrons. The van der Waals surface area contributed by atoms with Crippen LogP contribution >= 0.6 is 0 Å². The summed E-state index contributed by atoms with van der Waals surface area (Å²) < 4.78 is 0. The Kier molecular flexibility index (Phi) is 4.27. The lowest BCUT2D eigenvalue weighted by Crippen LogP contribution is -2.56. The van der Waals surface area contributed by atoms with E-state index in [0.29, 0.717) is 26.2 Å². The van der Waals surface area contributed by atoms with Crippen molar-refractivity contribution in [3.05, 3.63) is 0 Å². The van der Waals surface area contributed by atoms with Crippen LogP contribution in [-0.2, 0) is 9.59 Å². The van der Waals surface area contributed by atoms with Gasteiger partial charge in [0.25, 0.3) is 0 Å². The maximum atomic E-state index is 11.9. The van der Waals surface area contributed by atoms with Gasteiger partial charge in [0.05, 0.1) is 12.5 Å². The van der Waals surface area contributed by atoms with Crippen LogP contribution in [0.3, 0.4) is 0 Å². The van der Waals surface area contributed by atoms with E-state index >= 15 is 0 Å². The minimum absolute atomic E-state index is 0.0643. The number of likely N-dealkylation sites (tertiary alicyclic amines) is 1. The molecular formula is C13H22N4O3. The number of carbonyl (C=O) groups is 3. The fraction of sp³-hybridized carbons (Fsp3) is 0.769. The van der Waals surface area contributed by atoms with E-state index in [4.69, 9.17) is 0 Å². The smallest absolute Gasteiger partial charge is 0.317 e. The first-order chi connectivity index (χ1) is 9.40. The number of carbonyl (C=O) groups excluding carboxylic acids is 3. The fourth-order valence-corrected chi connectivity index (χ4v) is 2.60. The second kappa shape index (κ2) is 5.78. The molecule has 0 aromatic rings. The first kappa shape index (κ1) is 14.8. The van der Waals surface area contributed by atoms with Crippen molar-refractivity contribution in [2.75, 3.05) is 33.2 Å². The van der Waals surface area contributed by atoms with Crippen molar-refractivity contribution >= 4 is 17.8 Å². The number of nitrogens with zero attached hydrogens (tertiary/aromatic N) is 3. The molecule has 20 heavy (non-hydrogen) atoms. The summed E-state index contributed by atoms with van der Waals surface area (Å²) in [4.78, 5) is 40.3. The van der Waals surface area contributed by atoms with Crippen molar-refractivity contribution in [1.29, 1.82) is 0 Å². The monoisotopic (exact) mass is 282 g/mol. The molecule has 2 heterocycles. The third kappa shape index (κ3) is 2.92. The highest BCUT2D eigenvalue weighted by Crippen LogP contribution is 2.18. The minimum atomic E-state index is -0.345. The number of piperazine rings is 1. The molecule has 0 aromatic carbocycles. The van der Waals surface area contributed by atoms with E-state index in [1.807, 2.05) is 18.7 Å². The molecule has 0 saturated carbocycles. The van der Waals surface area contributed by atoms with Gasteiger partial charge in [0.2, 0.25) is 11.8 Å². The van der Waals surface area contributed by atoms with Gasteiger partial charge in [0.1, 0.15) is 0 Å². The van der Waals surface area contributed by atoms with E-state index in [0.717, 1.165) is 0 Å². The number of urea groups is 1. The third-order valence-corrected chi connectivity index (χ3v) is 3.81. The summed E-state index contributed by atoms with van der Waals surface area (Å²) in [6, 6.07) is -0.295. The van der Waals surface area contributed by atoms with Crippen LogP contribution in [0.1, 0.15) is 20.3 Å². The summed E-state index contributed by atoms with van der Waals surface area (Å²) in [7, 11) is 1.52. The predicted octanol–water partition coefficient (Wildman–Crippen LogP) is -0.521. The molecule has 1 unspecified atom stereocenters. The zero-order valence-corrected chi connectivity index (χ0v) is 12.3.